The zero-order chi connectivity index (χ0) is 14.5. The zero-order valence-corrected chi connectivity index (χ0v) is 12.5. The normalized spacial score (nSPS) is 11.2. The smallest absolute Gasteiger partial charge is 0.330 e. The van der Waals surface area contributed by atoms with Gasteiger partial charge in [0.1, 0.15) is 5.75 Å². The molecule has 104 valence electrons. The molecule has 0 spiro atoms. The predicted molar refractivity (Wildman–Crippen MR) is 82.0 cm³/mol. The minimum absolute atomic E-state index is 0.338. The van der Waals surface area contributed by atoms with Gasteiger partial charge in [0.2, 0.25) is 0 Å². The van der Waals surface area contributed by atoms with Gasteiger partial charge in [0.25, 0.3) is 0 Å². The number of carbonyl (C=O) groups is 1. The van der Waals surface area contributed by atoms with Crippen LogP contribution in [0, 0.1) is 0 Å². The number of hydrogen-bond donors (Lipinski definition) is 0. The molecule has 0 saturated heterocycles. The maximum atomic E-state index is 11.3. The highest BCUT2D eigenvalue weighted by Crippen LogP contribution is 2.36. The van der Waals surface area contributed by atoms with Crippen LogP contribution >= 0.6 is 11.3 Å². The largest absolute Gasteiger partial charge is 0.496 e. The maximum Gasteiger partial charge on any atom is 0.330 e. The van der Waals surface area contributed by atoms with Crippen molar-refractivity contribution in [3.8, 4) is 16.2 Å². The maximum absolute atomic E-state index is 11.3. The van der Waals surface area contributed by atoms with Gasteiger partial charge in [-0.05, 0) is 36.8 Å². The van der Waals surface area contributed by atoms with Crippen molar-refractivity contribution in [3.63, 3.8) is 0 Å². The topological polar surface area (TPSA) is 35.5 Å². The molecule has 0 aliphatic carbocycles. The lowest BCUT2D eigenvalue weighted by Gasteiger charge is -2.05. The number of ether oxygens (including phenoxy) is 2. The number of hydrogen-bond acceptors (Lipinski definition) is 4. The van der Waals surface area contributed by atoms with Gasteiger partial charge in [0.05, 0.1) is 14.2 Å². The Labute approximate surface area is 122 Å². The predicted octanol–water partition coefficient (Wildman–Crippen LogP) is 4.00. The molecule has 0 fully saturated rings. The molecular weight excluding hydrogens is 272 g/mol. The lowest BCUT2D eigenvalue weighted by molar-refractivity contribution is -0.134. The summed E-state index contributed by atoms with van der Waals surface area (Å²) in [5.41, 5.74) is 1.94. The van der Waals surface area contributed by atoms with Gasteiger partial charge < -0.3 is 9.47 Å². The number of methoxy groups -OCH3 is 2. The van der Waals surface area contributed by atoms with Crippen molar-refractivity contribution in [1.82, 2.24) is 0 Å². The molecule has 4 heteroatoms. The van der Waals surface area contributed by atoms with Gasteiger partial charge >= 0.3 is 5.97 Å². The summed E-state index contributed by atoms with van der Waals surface area (Å²) in [7, 11) is 3.04. The number of esters is 1. The molecule has 0 saturated carbocycles. The van der Waals surface area contributed by atoms with E-state index < -0.39 is 0 Å². The average Bonchev–Trinajstić information content (AvgIpc) is 2.96. The van der Waals surface area contributed by atoms with Crippen LogP contribution in [0.25, 0.3) is 16.0 Å². The average molecular weight is 288 g/mol. The van der Waals surface area contributed by atoms with Crippen molar-refractivity contribution < 1.29 is 14.3 Å². The molecule has 0 aliphatic heterocycles. The number of benzene rings is 1. The van der Waals surface area contributed by atoms with E-state index >= 15 is 0 Å². The number of thiophene rings is 1. The van der Waals surface area contributed by atoms with E-state index in [2.05, 4.69) is 4.74 Å². The van der Waals surface area contributed by atoms with E-state index in [4.69, 9.17) is 4.74 Å². The van der Waals surface area contributed by atoms with E-state index in [1.807, 2.05) is 43.3 Å². The van der Waals surface area contributed by atoms with Crippen molar-refractivity contribution >= 4 is 22.9 Å². The summed E-state index contributed by atoms with van der Waals surface area (Å²) in [6, 6.07) is 11.9. The van der Waals surface area contributed by atoms with Gasteiger partial charge in [-0.1, -0.05) is 12.1 Å². The van der Waals surface area contributed by atoms with Crippen LogP contribution in [0.5, 0.6) is 5.75 Å². The Morgan fingerprint density at radius 2 is 1.90 bits per heavy atom. The molecule has 0 bridgehead atoms. The first-order valence-corrected chi connectivity index (χ1v) is 6.97. The van der Waals surface area contributed by atoms with Crippen LogP contribution in [0.2, 0.25) is 0 Å². The van der Waals surface area contributed by atoms with Crippen LogP contribution in [0.1, 0.15) is 11.8 Å². The van der Waals surface area contributed by atoms with Gasteiger partial charge in [0.15, 0.2) is 0 Å². The fourth-order valence-electron chi connectivity index (χ4n) is 1.85. The number of allylic oxidation sites excluding steroid dienone is 1. The fraction of sp³-hybridized carbons (Fsp3) is 0.188. The van der Waals surface area contributed by atoms with Gasteiger partial charge in [0, 0.05) is 21.4 Å². The van der Waals surface area contributed by atoms with Crippen molar-refractivity contribution in [2.75, 3.05) is 14.2 Å². The first-order valence-electron chi connectivity index (χ1n) is 6.15. The molecule has 1 aromatic heterocycles. The standard InChI is InChI=1S/C16H16O3S/c1-11(10-16(17)19-3)14-8-9-15(20-14)12-6-4-5-7-13(12)18-2/h4-10H,1-3H3/b11-10+. The molecule has 0 radical (unpaired) electrons. The van der Waals surface area contributed by atoms with Crippen LogP contribution in [-0.4, -0.2) is 20.2 Å². The SMILES string of the molecule is COC(=O)/C=C(\C)c1ccc(-c2ccccc2OC)s1. The lowest BCUT2D eigenvalue weighted by atomic mass is 10.1. The molecule has 0 aliphatic rings. The Morgan fingerprint density at radius 3 is 2.60 bits per heavy atom. The first-order chi connectivity index (χ1) is 9.65. The molecule has 0 N–H and O–H groups in total. The minimum atomic E-state index is -0.338. The summed E-state index contributed by atoms with van der Waals surface area (Å²) in [5.74, 6) is 0.505. The molecule has 20 heavy (non-hydrogen) atoms. The Morgan fingerprint density at radius 1 is 1.15 bits per heavy atom. The second kappa shape index (κ2) is 6.39. The van der Waals surface area contributed by atoms with Crippen LogP contribution in [0.15, 0.2) is 42.5 Å². The van der Waals surface area contributed by atoms with E-state index in [1.54, 1.807) is 18.4 Å². The minimum Gasteiger partial charge on any atom is -0.496 e. The Hall–Kier alpha value is -2.07. The number of carbonyl (C=O) groups excluding carboxylic acids is 1. The third-order valence-electron chi connectivity index (χ3n) is 2.90. The van der Waals surface area contributed by atoms with Crippen molar-refractivity contribution in [3.05, 3.63) is 47.4 Å². The summed E-state index contributed by atoms with van der Waals surface area (Å²) in [6.07, 6.45) is 1.50. The van der Waals surface area contributed by atoms with Gasteiger partial charge in [-0.3, -0.25) is 0 Å². The van der Waals surface area contributed by atoms with Crippen LogP contribution < -0.4 is 4.74 Å². The van der Waals surface area contributed by atoms with E-state index in [9.17, 15) is 4.79 Å². The summed E-state index contributed by atoms with van der Waals surface area (Å²) >= 11 is 1.62. The number of rotatable bonds is 4. The third-order valence-corrected chi connectivity index (χ3v) is 4.16. The second-order valence-electron chi connectivity index (χ2n) is 4.21. The first kappa shape index (κ1) is 14.3. The van der Waals surface area contributed by atoms with Crippen LogP contribution in [-0.2, 0) is 9.53 Å². The highest BCUT2D eigenvalue weighted by molar-refractivity contribution is 7.16. The van der Waals surface area contributed by atoms with Crippen LogP contribution in [0.3, 0.4) is 0 Å². The molecular formula is C16H16O3S. The van der Waals surface area contributed by atoms with E-state index in [-0.39, 0.29) is 5.97 Å². The van der Waals surface area contributed by atoms with Gasteiger partial charge in [-0.25, -0.2) is 4.79 Å². The molecule has 0 atom stereocenters. The Balaban J connectivity index is 2.34. The molecule has 0 unspecified atom stereocenters. The highest BCUT2D eigenvalue weighted by atomic mass is 32.1. The molecule has 1 heterocycles. The summed E-state index contributed by atoms with van der Waals surface area (Å²) in [5, 5.41) is 0. The summed E-state index contributed by atoms with van der Waals surface area (Å²) < 4.78 is 10.0. The fourth-order valence-corrected chi connectivity index (χ4v) is 2.86. The van der Waals surface area contributed by atoms with Gasteiger partial charge in [-0.15, -0.1) is 11.3 Å². The van der Waals surface area contributed by atoms with Gasteiger partial charge in [-0.2, -0.15) is 0 Å². The highest BCUT2D eigenvalue weighted by Gasteiger charge is 2.09. The van der Waals surface area contributed by atoms with Crippen molar-refractivity contribution in [2.45, 2.75) is 6.92 Å². The molecule has 1 aromatic carbocycles. The zero-order valence-electron chi connectivity index (χ0n) is 11.7. The Kier molecular flexibility index (Phi) is 4.58. The summed E-state index contributed by atoms with van der Waals surface area (Å²) in [6.45, 7) is 1.90. The van der Waals surface area contributed by atoms with E-state index in [0.29, 0.717) is 0 Å². The van der Waals surface area contributed by atoms with E-state index in [1.165, 1.54) is 13.2 Å². The Bertz CT molecular complexity index is 641. The molecule has 2 rings (SSSR count). The quantitative estimate of drug-likeness (QED) is 0.630. The molecule has 3 nitrogen and oxygen atoms in total. The van der Waals surface area contributed by atoms with Crippen molar-refractivity contribution in [1.29, 1.82) is 0 Å². The van der Waals surface area contributed by atoms with Crippen LogP contribution in [0.4, 0.5) is 0 Å². The van der Waals surface area contributed by atoms with E-state index in [0.717, 1.165) is 26.6 Å². The summed E-state index contributed by atoms with van der Waals surface area (Å²) in [4.78, 5) is 13.4. The number of para-hydroxylation sites is 1. The molecule has 2 aromatic rings. The monoisotopic (exact) mass is 288 g/mol. The second-order valence-corrected chi connectivity index (χ2v) is 5.30. The third kappa shape index (κ3) is 3.08. The lowest BCUT2D eigenvalue weighted by Crippen LogP contribution is -1.94. The van der Waals surface area contributed by atoms with Crippen molar-refractivity contribution in [2.24, 2.45) is 0 Å². The molecule has 0 amide bonds.